The number of aromatic nitrogens is 2. The first-order chi connectivity index (χ1) is 11.0. The van der Waals surface area contributed by atoms with E-state index in [-0.39, 0.29) is 17.4 Å². The van der Waals surface area contributed by atoms with Gasteiger partial charge in [0.25, 0.3) is 5.91 Å². The van der Waals surface area contributed by atoms with Crippen LogP contribution in [-0.4, -0.2) is 46.2 Å². The van der Waals surface area contributed by atoms with Gasteiger partial charge in [0.05, 0.1) is 6.54 Å². The van der Waals surface area contributed by atoms with Gasteiger partial charge in [-0.05, 0) is 5.92 Å². The van der Waals surface area contributed by atoms with Crippen molar-refractivity contribution in [3.05, 3.63) is 11.9 Å². The fourth-order valence-electron chi connectivity index (χ4n) is 3.33. The third kappa shape index (κ3) is 2.25. The molecule has 1 saturated heterocycles. The molecule has 0 radical (unpaired) electrons. The second-order valence-electron chi connectivity index (χ2n) is 8.09. The SMILES string of the molecule is CC(C)Cn1c(C(C)(C)C)c[n+]2c1N=C1C2C(=O)N(C)C(=O)N1C. The summed E-state index contributed by atoms with van der Waals surface area (Å²) in [7, 11) is 3.19. The summed E-state index contributed by atoms with van der Waals surface area (Å²) in [6, 6.07) is -0.894. The van der Waals surface area contributed by atoms with Crippen LogP contribution in [0.2, 0.25) is 0 Å². The van der Waals surface area contributed by atoms with Crippen LogP contribution in [0.1, 0.15) is 46.4 Å². The van der Waals surface area contributed by atoms with E-state index in [1.165, 1.54) is 16.8 Å². The number of urea groups is 1. The first kappa shape index (κ1) is 16.7. The maximum absolute atomic E-state index is 12.7. The van der Waals surface area contributed by atoms with Crippen LogP contribution in [0.25, 0.3) is 0 Å². The van der Waals surface area contributed by atoms with E-state index in [4.69, 9.17) is 0 Å². The van der Waals surface area contributed by atoms with Gasteiger partial charge < -0.3 is 0 Å². The molecule has 24 heavy (non-hydrogen) atoms. The van der Waals surface area contributed by atoms with Crippen molar-refractivity contribution in [1.29, 1.82) is 0 Å². The van der Waals surface area contributed by atoms with Crippen molar-refractivity contribution in [2.75, 3.05) is 14.1 Å². The molecule has 3 rings (SSSR count). The van der Waals surface area contributed by atoms with Crippen molar-refractivity contribution in [3.8, 4) is 0 Å². The number of amidine groups is 1. The minimum Gasteiger partial charge on any atom is -0.270 e. The van der Waals surface area contributed by atoms with E-state index < -0.39 is 6.04 Å². The Labute approximate surface area is 142 Å². The van der Waals surface area contributed by atoms with Crippen LogP contribution in [-0.2, 0) is 16.8 Å². The van der Waals surface area contributed by atoms with Crippen molar-refractivity contribution in [2.45, 2.75) is 52.6 Å². The number of imide groups is 1. The Morgan fingerprint density at radius 1 is 1.21 bits per heavy atom. The second-order valence-corrected chi connectivity index (χ2v) is 8.09. The van der Waals surface area contributed by atoms with Gasteiger partial charge in [-0.1, -0.05) is 39.6 Å². The second kappa shape index (κ2) is 5.16. The molecule has 0 N–H and O–H groups in total. The number of fused-ring (bicyclic) bond motifs is 3. The van der Waals surface area contributed by atoms with Crippen molar-refractivity contribution < 1.29 is 14.2 Å². The largest absolute Gasteiger partial charge is 0.401 e. The monoisotopic (exact) mass is 332 g/mol. The summed E-state index contributed by atoms with van der Waals surface area (Å²) in [6.45, 7) is 11.6. The first-order valence-corrected chi connectivity index (χ1v) is 8.33. The van der Waals surface area contributed by atoms with E-state index in [2.05, 4.69) is 44.2 Å². The fraction of sp³-hybridized carbons (Fsp3) is 0.647. The lowest BCUT2D eigenvalue weighted by atomic mass is 9.92. The first-order valence-electron chi connectivity index (χ1n) is 8.33. The van der Waals surface area contributed by atoms with Crippen LogP contribution in [0.5, 0.6) is 0 Å². The molecule has 0 aliphatic carbocycles. The molecule has 0 spiro atoms. The highest BCUT2D eigenvalue weighted by Crippen LogP contribution is 2.33. The topological polar surface area (TPSA) is 61.8 Å². The molecule has 0 saturated carbocycles. The molecule has 0 bridgehead atoms. The molecule has 7 nitrogen and oxygen atoms in total. The lowest BCUT2D eigenvalue weighted by Gasteiger charge is -2.30. The summed E-state index contributed by atoms with van der Waals surface area (Å²) in [6.07, 6.45) is 2.02. The Morgan fingerprint density at radius 3 is 2.38 bits per heavy atom. The average Bonchev–Trinajstić information content (AvgIpc) is 2.99. The minimum absolute atomic E-state index is 0.0623. The van der Waals surface area contributed by atoms with Gasteiger partial charge >= 0.3 is 12.0 Å². The minimum atomic E-state index is -0.554. The van der Waals surface area contributed by atoms with E-state index in [1.807, 2.05) is 10.8 Å². The normalized spacial score (nSPS) is 20.7. The zero-order chi connectivity index (χ0) is 18.0. The Morgan fingerprint density at radius 2 is 1.83 bits per heavy atom. The molecule has 1 atom stereocenters. The van der Waals surface area contributed by atoms with Crippen LogP contribution in [0.15, 0.2) is 11.2 Å². The molecular formula is C17H26N5O2+. The van der Waals surface area contributed by atoms with Crippen LogP contribution < -0.4 is 4.57 Å². The highest BCUT2D eigenvalue weighted by atomic mass is 16.2. The Bertz CT molecular complexity index is 754. The lowest BCUT2D eigenvalue weighted by molar-refractivity contribution is -0.677. The predicted octanol–water partition coefficient (Wildman–Crippen LogP) is 1.84. The summed E-state index contributed by atoms with van der Waals surface area (Å²) >= 11 is 0. The standard InChI is InChI=1S/C17H26N5O2/c1-10(2)8-21-11(17(3,4)5)9-22-12-13(18-15(21)22)19(6)16(24)20(7)14(12)23/h9-10,12H,8H2,1-7H3/q+1. The molecule has 7 heteroatoms. The third-order valence-electron chi connectivity index (χ3n) is 4.56. The zero-order valence-electron chi connectivity index (χ0n) is 15.5. The number of rotatable bonds is 2. The van der Waals surface area contributed by atoms with Crippen LogP contribution in [0.3, 0.4) is 0 Å². The molecule has 2 aliphatic rings. The number of imidazole rings is 1. The molecule has 3 amide bonds. The molecule has 2 aliphatic heterocycles. The molecule has 1 aromatic rings. The Kier molecular flexibility index (Phi) is 3.58. The number of carbonyl (C=O) groups excluding carboxylic acids is 2. The number of nitrogens with zero attached hydrogens (tertiary/aromatic N) is 5. The number of hydrogen-bond acceptors (Lipinski definition) is 3. The van der Waals surface area contributed by atoms with Crippen molar-refractivity contribution in [3.63, 3.8) is 0 Å². The van der Waals surface area contributed by atoms with E-state index >= 15 is 0 Å². The lowest BCUT2D eigenvalue weighted by Crippen LogP contribution is -2.61. The van der Waals surface area contributed by atoms with Gasteiger partial charge in [-0.15, -0.1) is 0 Å². The van der Waals surface area contributed by atoms with E-state index in [0.717, 1.165) is 18.2 Å². The van der Waals surface area contributed by atoms with Gasteiger partial charge in [0, 0.05) is 19.5 Å². The third-order valence-corrected chi connectivity index (χ3v) is 4.56. The van der Waals surface area contributed by atoms with Gasteiger partial charge in [0.2, 0.25) is 11.9 Å². The van der Waals surface area contributed by atoms with Gasteiger partial charge in [-0.2, -0.15) is 0 Å². The summed E-state index contributed by atoms with van der Waals surface area (Å²) in [5.74, 6) is 1.47. The van der Waals surface area contributed by atoms with Gasteiger partial charge in [-0.3, -0.25) is 14.6 Å². The number of amides is 3. The van der Waals surface area contributed by atoms with E-state index in [1.54, 1.807) is 7.05 Å². The van der Waals surface area contributed by atoms with Crippen LogP contribution in [0.4, 0.5) is 10.7 Å². The van der Waals surface area contributed by atoms with Gasteiger partial charge in [-0.25, -0.2) is 13.9 Å². The highest BCUT2D eigenvalue weighted by Gasteiger charge is 2.52. The Hall–Kier alpha value is -2.18. The number of aliphatic imine (C=N–C) groups is 1. The number of hydrogen-bond donors (Lipinski definition) is 0. The zero-order valence-corrected chi connectivity index (χ0v) is 15.5. The number of carbonyl (C=O) groups is 2. The van der Waals surface area contributed by atoms with Crippen LogP contribution >= 0.6 is 0 Å². The molecule has 3 heterocycles. The van der Waals surface area contributed by atoms with Crippen molar-refractivity contribution in [2.24, 2.45) is 10.9 Å². The predicted molar refractivity (Wildman–Crippen MR) is 90.2 cm³/mol. The average molecular weight is 332 g/mol. The van der Waals surface area contributed by atoms with Crippen molar-refractivity contribution >= 4 is 23.7 Å². The van der Waals surface area contributed by atoms with E-state index in [0.29, 0.717) is 11.8 Å². The molecule has 1 fully saturated rings. The maximum atomic E-state index is 12.7. The maximum Gasteiger partial charge on any atom is 0.401 e. The Balaban J connectivity index is 2.20. The van der Waals surface area contributed by atoms with Crippen molar-refractivity contribution in [1.82, 2.24) is 14.4 Å². The van der Waals surface area contributed by atoms with Gasteiger partial charge in [0.15, 0.2) is 0 Å². The smallest absolute Gasteiger partial charge is 0.270 e. The summed E-state index contributed by atoms with van der Waals surface area (Å²) in [5.41, 5.74) is 1.08. The molecule has 1 aromatic heterocycles. The van der Waals surface area contributed by atoms with Crippen LogP contribution in [0, 0.1) is 5.92 Å². The highest BCUT2D eigenvalue weighted by molar-refractivity contribution is 6.18. The van der Waals surface area contributed by atoms with Gasteiger partial charge in [0.1, 0.15) is 11.9 Å². The summed E-state index contributed by atoms with van der Waals surface area (Å²) < 4.78 is 4.10. The molecule has 0 aromatic carbocycles. The number of likely N-dealkylation sites (N-methyl/N-ethyl adjacent to an activating group) is 2. The fourth-order valence-corrected chi connectivity index (χ4v) is 3.33. The quantitative estimate of drug-likeness (QED) is 0.776. The molecule has 1 unspecified atom stereocenters. The van der Waals surface area contributed by atoms with E-state index in [9.17, 15) is 9.59 Å². The molecule has 130 valence electrons. The molecular weight excluding hydrogens is 306 g/mol. The summed E-state index contributed by atoms with van der Waals surface area (Å²) in [4.78, 5) is 32.2. The summed E-state index contributed by atoms with van der Waals surface area (Å²) in [5, 5.41) is 0.